The Morgan fingerprint density at radius 3 is 2.71 bits per heavy atom. The smallest absolute Gasteiger partial charge is 0.123 e. The quantitative estimate of drug-likeness (QED) is 0.637. The molecule has 4 nitrogen and oxygen atoms in total. The maximum Gasteiger partial charge on any atom is 0.123 e. The highest BCUT2D eigenvalue weighted by Gasteiger charge is 2.01. The summed E-state index contributed by atoms with van der Waals surface area (Å²) in [6, 6.07) is 4.62. The van der Waals surface area contributed by atoms with Crippen molar-refractivity contribution in [3.05, 3.63) is 23.8 Å². The number of phenols is 2. The first kappa shape index (κ1) is 13.8. The van der Waals surface area contributed by atoms with E-state index in [1.165, 1.54) is 6.07 Å². The van der Waals surface area contributed by atoms with Gasteiger partial charge in [0.15, 0.2) is 0 Å². The number of phenolic OH excluding ortho intramolecular Hbond substituents is 2. The lowest BCUT2D eigenvalue weighted by Crippen LogP contribution is -2.17. The lowest BCUT2D eigenvalue weighted by molar-refractivity contribution is 0.0770. The molecule has 0 spiro atoms. The van der Waals surface area contributed by atoms with E-state index in [-0.39, 0.29) is 17.6 Å². The molecular formula is C13H21NO3. The lowest BCUT2D eigenvalue weighted by atomic mass is 10.2. The van der Waals surface area contributed by atoms with Crippen molar-refractivity contribution in [2.45, 2.75) is 32.9 Å². The fourth-order valence-electron chi connectivity index (χ4n) is 1.44. The van der Waals surface area contributed by atoms with Crippen molar-refractivity contribution in [2.75, 3.05) is 13.2 Å². The van der Waals surface area contributed by atoms with Crippen LogP contribution in [0.2, 0.25) is 0 Å². The zero-order chi connectivity index (χ0) is 12.7. The van der Waals surface area contributed by atoms with Gasteiger partial charge in [0.2, 0.25) is 0 Å². The van der Waals surface area contributed by atoms with Crippen molar-refractivity contribution in [3.63, 3.8) is 0 Å². The van der Waals surface area contributed by atoms with Crippen molar-refractivity contribution in [1.82, 2.24) is 5.32 Å². The van der Waals surface area contributed by atoms with Crippen LogP contribution in [0.5, 0.6) is 11.5 Å². The second-order valence-electron chi connectivity index (χ2n) is 4.26. The van der Waals surface area contributed by atoms with Gasteiger partial charge in [0.05, 0.1) is 6.10 Å². The average Bonchev–Trinajstić information content (AvgIpc) is 2.25. The molecule has 0 saturated heterocycles. The summed E-state index contributed by atoms with van der Waals surface area (Å²) in [6.07, 6.45) is 1.22. The third-order valence-corrected chi connectivity index (χ3v) is 2.33. The second kappa shape index (κ2) is 7.14. The summed E-state index contributed by atoms with van der Waals surface area (Å²) in [5, 5.41) is 21.9. The van der Waals surface area contributed by atoms with E-state index >= 15 is 0 Å². The first-order valence-electron chi connectivity index (χ1n) is 5.92. The zero-order valence-electron chi connectivity index (χ0n) is 10.4. The summed E-state index contributed by atoms with van der Waals surface area (Å²) in [4.78, 5) is 0. The van der Waals surface area contributed by atoms with Gasteiger partial charge in [-0.15, -0.1) is 0 Å². The van der Waals surface area contributed by atoms with Crippen LogP contribution in [0.25, 0.3) is 0 Å². The number of hydrogen-bond donors (Lipinski definition) is 3. The van der Waals surface area contributed by atoms with Crippen LogP contribution in [-0.4, -0.2) is 29.5 Å². The maximum absolute atomic E-state index is 9.54. The van der Waals surface area contributed by atoms with Gasteiger partial charge in [-0.1, -0.05) is 6.07 Å². The van der Waals surface area contributed by atoms with E-state index in [0.29, 0.717) is 6.54 Å². The van der Waals surface area contributed by atoms with Crippen LogP contribution in [-0.2, 0) is 11.3 Å². The molecule has 0 aromatic heterocycles. The Morgan fingerprint density at radius 2 is 2.06 bits per heavy atom. The highest BCUT2D eigenvalue weighted by atomic mass is 16.5. The van der Waals surface area contributed by atoms with Gasteiger partial charge in [0, 0.05) is 24.8 Å². The molecule has 1 rings (SSSR count). The van der Waals surface area contributed by atoms with Crippen LogP contribution in [0.15, 0.2) is 18.2 Å². The van der Waals surface area contributed by atoms with Crippen molar-refractivity contribution < 1.29 is 14.9 Å². The molecule has 0 bridgehead atoms. The van der Waals surface area contributed by atoms with Gasteiger partial charge in [-0.25, -0.2) is 0 Å². The van der Waals surface area contributed by atoms with E-state index in [4.69, 9.17) is 9.84 Å². The highest BCUT2D eigenvalue weighted by molar-refractivity contribution is 5.38. The predicted molar refractivity (Wildman–Crippen MR) is 67.2 cm³/mol. The second-order valence-corrected chi connectivity index (χ2v) is 4.26. The Kier molecular flexibility index (Phi) is 5.80. The van der Waals surface area contributed by atoms with Crippen LogP contribution in [0, 0.1) is 0 Å². The molecule has 0 aliphatic carbocycles. The predicted octanol–water partition coefficient (Wildman–Crippen LogP) is 2.00. The van der Waals surface area contributed by atoms with Gasteiger partial charge in [-0.2, -0.15) is 0 Å². The summed E-state index contributed by atoms with van der Waals surface area (Å²) in [5.74, 6) is 0.201. The number of ether oxygens (including phenoxy) is 1. The SMILES string of the molecule is CC(C)OCCCNCc1ccc(O)cc1O. The Hall–Kier alpha value is -1.26. The van der Waals surface area contributed by atoms with E-state index in [9.17, 15) is 5.11 Å². The van der Waals surface area contributed by atoms with Gasteiger partial charge in [0.25, 0.3) is 0 Å². The molecule has 1 aromatic rings. The molecule has 0 unspecified atom stereocenters. The summed E-state index contributed by atoms with van der Waals surface area (Å²) < 4.78 is 5.41. The van der Waals surface area contributed by atoms with Gasteiger partial charge in [-0.05, 0) is 32.9 Å². The van der Waals surface area contributed by atoms with Gasteiger partial charge in [0.1, 0.15) is 11.5 Å². The number of benzene rings is 1. The molecule has 0 heterocycles. The Morgan fingerprint density at radius 1 is 1.29 bits per heavy atom. The minimum Gasteiger partial charge on any atom is -0.508 e. The molecule has 0 fully saturated rings. The number of nitrogens with one attached hydrogen (secondary N) is 1. The van der Waals surface area contributed by atoms with E-state index in [2.05, 4.69) is 5.32 Å². The normalized spacial score (nSPS) is 11.0. The number of hydrogen-bond acceptors (Lipinski definition) is 4. The molecule has 4 heteroatoms. The van der Waals surface area contributed by atoms with Gasteiger partial charge >= 0.3 is 0 Å². The van der Waals surface area contributed by atoms with E-state index in [1.54, 1.807) is 12.1 Å². The fraction of sp³-hybridized carbons (Fsp3) is 0.538. The molecule has 17 heavy (non-hydrogen) atoms. The molecule has 0 aliphatic heterocycles. The monoisotopic (exact) mass is 239 g/mol. The highest BCUT2D eigenvalue weighted by Crippen LogP contribution is 2.22. The molecular weight excluding hydrogens is 218 g/mol. The first-order valence-corrected chi connectivity index (χ1v) is 5.92. The standard InChI is InChI=1S/C13H21NO3/c1-10(2)17-7-3-6-14-9-11-4-5-12(15)8-13(11)16/h4-5,8,10,14-16H,3,6-7,9H2,1-2H3. The topological polar surface area (TPSA) is 61.7 Å². The molecule has 1 aromatic carbocycles. The number of aromatic hydroxyl groups is 2. The largest absolute Gasteiger partial charge is 0.508 e. The van der Waals surface area contributed by atoms with Crippen LogP contribution in [0.1, 0.15) is 25.8 Å². The van der Waals surface area contributed by atoms with Gasteiger partial charge < -0.3 is 20.3 Å². The fourth-order valence-corrected chi connectivity index (χ4v) is 1.44. The van der Waals surface area contributed by atoms with Gasteiger partial charge in [-0.3, -0.25) is 0 Å². The maximum atomic E-state index is 9.54. The first-order chi connectivity index (χ1) is 8.09. The van der Waals surface area contributed by atoms with Crippen LogP contribution in [0.3, 0.4) is 0 Å². The van der Waals surface area contributed by atoms with E-state index in [0.717, 1.165) is 25.1 Å². The van der Waals surface area contributed by atoms with E-state index < -0.39 is 0 Å². The third-order valence-electron chi connectivity index (χ3n) is 2.33. The number of rotatable bonds is 7. The minimum atomic E-state index is 0.0802. The molecule has 0 aliphatic rings. The van der Waals surface area contributed by atoms with Crippen molar-refractivity contribution >= 4 is 0 Å². The summed E-state index contributed by atoms with van der Waals surface area (Å²) in [6.45, 7) is 6.21. The van der Waals surface area contributed by atoms with Crippen LogP contribution < -0.4 is 5.32 Å². The molecule has 0 saturated carbocycles. The Labute approximate surface area is 102 Å². The lowest BCUT2D eigenvalue weighted by Gasteiger charge is -2.09. The van der Waals surface area contributed by atoms with Crippen molar-refractivity contribution in [1.29, 1.82) is 0 Å². The van der Waals surface area contributed by atoms with Crippen LogP contribution >= 0.6 is 0 Å². The summed E-state index contributed by atoms with van der Waals surface area (Å²) in [7, 11) is 0. The Balaban J connectivity index is 2.18. The summed E-state index contributed by atoms with van der Waals surface area (Å²) >= 11 is 0. The minimum absolute atomic E-state index is 0.0802. The zero-order valence-corrected chi connectivity index (χ0v) is 10.4. The van der Waals surface area contributed by atoms with Crippen molar-refractivity contribution in [3.8, 4) is 11.5 Å². The van der Waals surface area contributed by atoms with Crippen molar-refractivity contribution in [2.24, 2.45) is 0 Å². The molecule has 96 valence electrons. The molecule has 0 radical (unpaired) electrons. The average molecular weight is 239 g/mol. The molecule has 0 atom stereocenters. The molecule has 0 amide bonds. The van der Waals surface area contributed by atoms with E-state index in [1.807, 2.05) is 13.8 Å². The Bertz CT molecular complexity index is 339. The van der Waals surface area contributed by atoms with Crippen LogP contribution in [0.4, 0.5) is 0 Å². The molecule has 3 N–H and O–H groups in total. The third kappa shape index (κ3) is 5.56. The summed E-state index contributed by atoms with van der Waals surface area (Å²) in [5.41, 5.74) is 0.785.